The summed E-state index contributed by atoms with van der Waals surface area (Å²) in [5, 5.41) is 2.85. The molecule has 0 saturated carbocycles. The number of carbonyl (C=O) groups excluding carboxylic acids is 2. The maximum Gasteiger partial charge on any atom is 0.228 e. The van der Waals surface area contributed by atoms with Gasteiger partial charge in [0.05, 0.1) is 19.2 Å². The Labute approximate surface area is 166 Å². The first-order valence-corrected chi connectivity index (χ1v) is 9.18. The maximum absolute atomic E-state index is 12.8. The van der Waals surface area contributed by atoms with Gasteiger partial charge in [0.25, 0.3) is 0 Å². The van der Waals surface area contributed by atoms with Crippen molar-refractivity contribution < 1.29 is 14.3 Å². The number of ketones is 1. The molecule has 0 unspecified atom stereocenters. The second kappa shape index (κ2) is 8.64. The molecule has 0 radical (unpaired) electrons. The van der Waals surface area contributed by atoms with E-state index in [1.807, 2.05) is 42.5 Å². The highest BCUT2D eigenvalue weighted by Crippen LogP contribution is 2.24. The Bertz CT molecular complexity index is 953. The smallest absolute Gasteiger partial charge is 0.228 e. The summed E-state index contributed by atoms with van der Waals surface area (Å²) in [6.45, 7) is 0. The third-order valence-electron chi connectivity index (χ3n) is 4.06. The van der Waals surface area contributed by atoms with Crippen molar-refractivity contribution in [3.05, 3.63) is 94.0 Å². The maximum atomic E-state index is 12.8. The van der Waals surface area contributed by atoms with E-state index in [9.17, 15) is 9.59 Å². The first kappa shape index (κ1) is 18.9. The molecule has 3 aromatic carbocycles. The van der Waals surface area contributed by atoms with Gasteiger partial charge in [-0.2, -0.15) is 0 Å². The largest absolute Gasteiger partial charge is 0.497 e. The second-order valence-electron chi connectivity index (χ2n) is 5.96. The number of nitrogens with one attached hydrogen (secondary N) is 1. The molecule has 136 valence electrons. The fourth-order valence-corrected chi connectivity index (χ4v) is 3.04. The van der Waals surface area contributed by atoms with E-state index in [0.29, 0.717) is 16.8 Å². The minimum Gasteiger partial charge on any atom is -0.497 e. The van der Waals surface area contributed by atoms with Crippen LogP contribution < -0.4 is 10.1 Å². The lowest BCUT2D eigenvalue weighted by Gasteiger charge is -2.11. The molecular formula is C22H18BrNO3. The highest BCUT2D eigenvalue weighted by molar-refractivity contribution is 9.10. The molecule has 4 nitrogen and oxygen atoms in total. The lowest BCUT2D eigenvalue weighted by molar-refractivity contribution is -0.115. The molecule has 0 aromatic heterocycles. The van der Waals surface area contributed by atoms with Crippen LogP contribution in [0.25, 0.3) is 0 Å². The highest BCUT2D eigenvalue weighted by Gasteiger charge is 2.16. The molecule has 3 rings (SSSR count). The predicted octanol–water partition coefficient (Wildman–Crippen LogP) is 4.87. The molecule has 3 aromatic rings. The summed E-state index contributed by atoms with van der Waals surface area (Å²) in [6.07, 6.45) is 0.207. The zero-order valence-corrected chi connectivity index (χ0v) is 16.3. The molecule has 0 aliphatic rings. The van der Waals surface area contributed by atoms with Gasteiger partial charge in [-0.05, 0) is 35.9 Å². The third-order valence-corrected chi connectivity index (χ3v) is 4.55. The second-order valence-corrected chi connectivity index (χ2v) is 6.87. The number of amides is 1. The van der Waals surface area contributed by atoms with E-state index in [0.717, 1.165) is 15.8 Å². The molecule has 0 atom stereocenters. The SMILES string of the molecule is COc1ccc(CC(=O)Nc2ccc(Br)cc2C(=O)c2ccccc2)cc1. The number of hydrogen-bond acceptors (Lipinski definition) is 3. The number of hydrogen-bond donors (Lipinski definition) is 1. The normalized spacial score (nSPS) is 10.3. The first-order valence-electron chi connectivity index (χ1n) is 8.39. The third kappa shape index (κ3) is 4.83. The molecule has 1 N–H and O–H groups in total. The number of carbonyl (C=O) groups is 2. The molecule has 0 saturated heterocycles. The average Bonchev–Trinajstić information content (AvgIpc) is 2.70. The van der Waals surface area contributed by atoms with Gasteiger partial charge in [0.15, 0.2) is 5.78 Å². The van der Waals surface area contributed by atoms with Gasteiger partial charge in [0.1, 0.15) is 5.75 Å². The summed E-state index contributed by atoms with van der Waals surface area (Å²) in [5.41, 5.74) is 2.37. The highest BCUT2D eigenvalue weighted by atomic mass is 79.9. The van der Waals surface area contributed by atoms with Gasteiger partial charge in [-0.15, -0.1) is 0 Å². The van der Waals surface area contributed by atoms with Crippen molar-refractivity contribution in [2.45, 2.75) is 6.42 Å². The fourth-order valence-electron chi connectivity index (χ4n) is 2.68. The monoisotopic (exact) mass is 423 g/mol. The molecule has 0 aliphatic heterocycles. The lowest BCUT2D eigenvalue weighted by Crippen LogP contribution is -2.17. The molecule has 0 fully saturated rings. The van der Waals surface area contributed by atoms with Crippen LogP contribution >= 0.6 is 15.9 Å². The van der Waals surface area contributed by atoms with E-state index < -0.39 is 0 Å². The van der Waals surface area contributed by atoms with E-state index >= 15 is 0 Å². The van der Waals surface area contributed by atoms with Crippen LogP contribution in [0.3, 0.4) is 0 Å². The minimum atomic E-state index is -0.190. The number of halogens is 1. The Balaban J connectivity index is 1.80. The Morgan fingerprint density at radius 1 is 0.963 bits per heavy atom. The summed E-state index contributed by atoms with van der Waals surface area (Å²) in [6, 6.07) is 21.6. The number of benzene rings is 3. The van der Waals surface area contributed by atoms with Crippen molar-refractivity contribution in [2.75, 3.05) is 12.4 Å². The van der Waals surface area contributed by atoms with Gasteiger partial charge in [-0.1, -0.05) is 58.4 Å². The first-order chi connectivity index (χ1) is 13.1. The molecule has 0 bridgehead atoms. The van der Waals surface area contributed by atoms with Gasteiger partial charge in [-0.3, -0.25) is 9.59 Å². The van der Waals surface area contributed by atoms with Crippen LogP contribution in [0.5, 0.6) is 5.75 Å². The molecule has 0 heterocycles. The van der Waals surface area contributed by atoms with Crippen LogP contribution in [0.4, 0.5) is 5.69 Å². The minimum absolute atomic E-state index is 0.142. The number of ether oxygens (including phenoxy) is 1. The zero-order valence-electron chi connectivity index (χ0n) is 14.7. The Morgan fingerprint density at radius 2 is 1.67 bits per heavy atom. The Hall–Kier alpha value is -2.92. The van der Waals surface area contributed by atoms with Crippen LogP contribution in [0.2, 0.25) is 0 Å². The van der Waals surface area contributed by atoms with Gasteiger partial charge < -0.3 is 10.1 Å². The zero-order chi connectivity index (χ0) is 19.2. The molecule has 5 heteroatoms. The quantitative estimate of drug-likeness (QED) is 0.575. The predicted molar refractivity (Wildman–Crippen MR) is 109 cm³/mol. The van der Waals surface area contributed by atoms with Crippen LogP contribution in [0, 0.1) is 0 Å². The molecule has 1 amide bonds. The van der Waals surface area contributed by atoms with Crippen LogP contribution in [0.1, 0.15) is 21.5 Å². The van der Waals surface area contributed by atoms with E-state index in [1.54, 1.807) is 37.4 Å². The van der Waals surface area contributed by atoms with Gasteiger partial charge >= 0.3 is 0 Å². The summed E-state index contributed by atoms with van der Waals surface area (Å²) < 4.78 is 5.90. The van der Waals surface area contributed by atoms with E-state index in [4.69, 9.17) is 4.74 Å². The van der Waals surface area contributed by atoms with E-state index in [1.165, 1.54) is 0 Å². The number of methoxy groups -OCH3 is 1. The van der Waals surface area contributed by atoms with Crippen LogP contribution in [0.15, 0.2) is 77.3 Å². The van der Waals surface area contributed by atoms with Crippen molar-refractivity contribution in [1.82, 2.24) is 0 Å². The Kier molecular flexibility index (Phi) is 6.04. The number of anilines is 1. The van der Waals surface area contributed by atoms with Crippen molar-refractivity contribution in [2.24, 2.45) is 0 Å². The fraction of sp³-hybridized carbons (Fsp3) is 0.0909. The van der Waals surface area contributed by atoms with Crippen molar-refractivity contribution in [1.29, 1.82) is 0 Å². The van der Waals surface area contributed by atoms with E-state index in [-0.39, 0.29) is 18.1 Å². The molecule has 0 aliphatic carbocycles. The summed E-state index contributed by atoms with van der Waals surface area (Å²) >= 11 is 3.39. The summed E-state index contributed by atoms with van der Waals surface area (Å²) in [4.78, 5) is 25.3. The van der Waals surface area contributed by atoms with Crippen molar-refractivity contribution >= 4 is 33.3 Å². The van der Waals surface area contributed by atoms with Crippen molar-refractivity contribution in [3.8, 4) is 5.75 Å². The van der Waals surface area contributed by atoms with Gasteiger partial charge in [0, 0.05) is 15.6 Å². The topological polar surface area (TPSA) is 55.4 Å². The lowest BCUT2D eigenvalue weighted by atomic mass is 10.0. The summed E-state index contributed by atoms with van der Waals surface area (Å²) in [5.74, 6) is 0.407. The molecular weight excluding hydrogens is 406 g/mol. The molecule has 27 heavy (non-hydrogen) atoms. The van der Waals surface area contributed by atoms with Crippen LogP contribution in [-0.4, -0.2) is 18.8 Å². The molecule has 0 spiro atoms. The summed E-state index contributed by atoms with van der Waals surface area (Å²) in [7, 11) is 1.60. The van der Waals surface area contributed by atoms with E-state index in [2.05, 4.69) is 21.2 Å². The average molecular weight is 424 g/mol. The standard InChI is InChI=1S/C22H18BrNO3/c1-27-18-10-7-15(8-11-18)13-21(25)24-20-12-9-17(23)14-19(20)22(26)16-5-3-2-4-6-16/h2-12,14H,13H2,1H3,(H,24,25). The van der Waals surface area contributed by atoms with Gasteiger partial charge in [0.2, 0.25) is 5.91 Å². The van der Waals surface area contributed by atoms with Crippen molar-refractivity contribution in [3.63, 3.8) is 0 Å². The Morgan fingerprint density at radius 3 is 2.33 bits per heavy atom. The number of rotatable bonds is 6. The van der Waals surface area contributed by atoms with Crippen LogP contribution in [-0.2, 0) is 11.2 Å². The van der Waals surface area contributed by atoms with Gasteiger partial charge in [-0.25, -0.2) is 0 Å².